The van der Waals surface area contributed by atoms with Gasteiger partial charge in [0.05, 0.1) is 11.1 Å². The molecule has 2 heterocycles. The Morgan fingerprint density at radius 2 is 1.93 bits per heavy atom. The van der Waals surface area contributed by atoms with Crippen LogP contribution in [-0.2, 0) is 0 Å². The number of hydrogen-bond donors (Lipinski definition) is 3. The van der Waals surface area contributed by atoms with Gasteiger partial charge in [-0.1, -0.05) is 35.3 Å². The molecule has 0 spiro atoms. The highest BCUT2D eigenvalue weighted by atomic mass is 35.5. The van der Waals surface area contributed by atoms with Crippen LogP contribution in [0.15, 0.2) is 48.8 Å². The molecule has 3 rings (SSSR count). The number of aromatic nitrogens is 2. The molecule has 0 saturated carbocycles. The molecule has 0 aliphatic carbocycles. The van der Waals surface area contributed by atoms with E-state index in [1.165, 1.54) is 0 Å². The molecule has 1 aromatic carbocycles. The molecule has 3 N–H and O–H groups in total. The summed E-state index contributed by atoms with van der Waals surface area (Å²) < 4.78 is 0. The average molecular weight is 417 g/mol. The van der Waals surface area contributed by atoms with Crippen molar-refractivity contribution in [3.63, 3.8) is 0 Å². The molecule has 0 bridgehead atoms. The van der Waals surface area contributed by atoms with Gasteiger partial charge >= 0.3 is 0 Å². The Balaban J connectivity index is 1.77. The second kappa shape index (κ2) is 8.67. The Morgan fingerprint density at radius 1 is 1.14 bits per heavy atom. The van der Waals surface area contributed by atoms with E-state index in [1.54, 1.807) is 24.5 Å². The summed E-state index contributed by atoms with van der Waals surface area (Å²) in [5, 5.41) is 7.38. The van der Waals surface area contributed by atoms with Gasteiger partial charge in [0.1, 0.15) is 11.5 Å². The second-order valence-corrected chi connectivity index (χ2v) is 7.74. The summed E-state index contributed by atoms with van der Waals surface area (Å²) in [6.07, 6.45) is 3.37. The van der Waals surface area contributed by atoms with Crippen LogP contribution < -0.4 is 10.6 Å². The van der Waals surface area contributed by atoms with Crippen LogP contribution in [0.4, 0.5) is 5.82 Å². The third-order valence-electron chi connectivity index (χ3n) is 4.23. The van der Waals surface area contributed by atoms with Crippen molar-refractivity contribution >= 4 is 34.9 Å². The highest BCUT2D eigenvalue weighted by Crippen LogP contribution is 2.30. The molecular weight excluding hydrogens is 395 g/mol. The van der Waals surface area contributed by atoms with Crippen LogP contribution in [0.3, 0.4) is 0 Å². The molecule has 7 heteroatoms. The Kier molecular flexibility index (Phi) is 6.27. The van der Waals surface area contributed by atoms with Crippen LogP contribution in [-0.4, -0.2) is 21.9 Å². The zero-order valence-electron chi connectivity index (χ0n) is 15.9. The van der Waals surface area contributed by atoms with Crippen LogP contribution in [0.25, 0.3) is 11.1 Å². The van der Waals surface area contributed by atoms with Crippen molar-refractivity contribution < 1.29 is 4.79 Å². The molecule has 1 atom stereocenters. The van der Waals surface area contributed by atoms with Gasteiger partial charge in [0.2, 0.25) is 0 Å². The fourth-order valence-electron chi connectivity index (χ4n) is 2.85. The van der Waals surface area contributed by atoms with Crippen LogP contribution in [0.5, 0.6) is 0 Å². The summed E-state index contributed by atoms with van der Waals surface area (Å²) in [7, 11) is 0. The SMILES string of the molecule is CC(C)Nc1cc(-c2c[nH]c(C(=O)N[C@@H](C)c3cccc(Cl)c3)c2)c(Cl)cn1. The number of H-pyrrole nitrogens is 1. The Bertz CT molecular complexity index is 984. The van der Waals surface area contributed by atoms with Crippen molar-refractivity contribution in [1.29, 1.82) is 0 Å². The van der Waals surface area contributed by atoms with Crippen molar-refractivity contribution in [3.05, 3.63) is 70.1 Å². The van der Waals surface area contributed by atoms with Crippen LogP contribution in [0.1, 0.15) is 42.9 Å². The van der Waals surface area contributed by atoms with Gasteiger partial charge in [-0.2, -0.15) is 0 Å². The first-order valence-electron chi connectivity index (χ1n) is 9.00. The minimum Gasteiger partial charge on any atom is -0.368 e. The van der Waals surface area contributed by atoms with Gasteiger partial charge in [-0.25, -0.2) is 4.98 Å². The van der Waals surface area contributed by atoms with Crippen molar-refractivity contribution in [3.8, 4) is 11.1 Å². The number of carbonyl (C=O) groups excluding carboxylic acids is 1. The van der Waals surface area contributed by atoms with E-state index >= 15 is 0 Å². The van der Waals surface area contributed by atoms with E-state index < -0.39 is 0 Å². The smallest absolute Gasteiger partial charge is 0.268 e. The molecule has 0 radical (unpaired) electrons. The Labute approximate surface area is 174 Å². The number of carbonyl (C=O) groups is 1. The lowest BCUT2D eigenvalue weighted by atomic mass is 10.1. The molecule has 3 aromatic rings. The van der Waals surface area contributed by atoms with Crippen LogP contribution in [0, 0.1) is 0 Å². The first-order valence-corrected chi connectivity index (χ1v) is 9.76. The van der Waals surface area contributed by atoms with Gasteiger partial charge in [0, 0.05) is 34.6 Å². The fraction of sp³-hybridized carbons (Fsp3) is 0.238. The van der Waals surface area contributed by atoms with E-state index in [0.29, 0.717) is 15.7 Å². The van der Waals surface area contributed by atoms with Crippen molar-refractivity contribution in [2.24, 2.45) is 0 Å². The molecule has 2 aromatic heterocycles. The number of anilines is 1. The normalized spacial score (nSPS) is 12.1. The monoisotopic (exact) mass is 416 g/mol. The van der Waals surface area contributed by atoms with E-state index in [0.717, 1.165) is 22.5 Å². The van der Waals surface area contributed by atoms with Gasteiger partial charge in [-0.3, -0.25) is 4.79 Å². The number of halogens is 2. The Morgan fingerprint density at radius 3 is 2.64 bits per heavy atom. The molecule has 0 saturated heterocycles. The molecule has 0 aliphatic heterocycles. The molecule has 146 valence electrons. The van der Waals surface area contributed by atoms with Crippen molar-refractivity contribution in [1.82, 2.24) is 15.3 Å². The number of nitrogens with zero attached hydrogens (tertiary/aromatic N) is 1. The van der Waals surface area contributed by atoms with E-state index in [9.17, 15) is 4.79 Å². The van der Waals surface area contributed by atoms with E-state index in [-0.39, 0.29) is 18.0 Å². The number of pyridine rings is 1. The molecule has 0 fully saturated rings. The molecule has 1 amide bonds. The zero-order valence-corrected chi connectivity index (χ0v) is 17.4. The predicted octanol–water partition coefficient (Wildman–Crippen LogP) is 5.69. The molecular formula is C21H22Cl2N4O. The lowest BCUT2D eigenvalue weighted by Crippen LogP contribution is -2.26. The van der Waals surface area contributed by atoms with Gasteiger partial charge in [0.15, 0.2) is 0 Å². The lowest BCUT2D eigenvalue weighted by molar-refractivity contribution is 0.0935. The zero-order chi connectivity index (χ0) is 20.3. The third-order valence-corrected chi connectivity index (χ3v) is 4.76. The summed E-state index contributed by atoms with van der Waals surface area (Å²) in [5.41, 5.74) is 3.02. The molecule has 0 aliphatic rings. The standard InChI is InChI=1S/C21H22Cl2N4O/c1-12(2)26-20-9-17(18(23)11-25-20)15-8-19(24-10-15)21(28)27-13(3)14-5-4-6-16(22)7-14/h4-13,24H,1-3H3,(H,25,26)(H,27,28)/t13-/m0/s1. The molecule has 28 heavy (non-hydrogen) atoms. The minimum absolute atomic E-state index is 0.177. The maximum Gasteiger partial charge on any atom is 0.268 e. The van der Waals surface area contributed by atoms with E-state index in [2.05, 4.69) is 20.6 Å². The number of hydrogen-bond acceptors (Lipinski definition) is 3. The van der Waals surface area contributed by atoms with Crippen LogP contribution in [0.2, 0.25) is 10.0 Å². The number of aromatic amines is 1. The second-order valence-electron chi connectivity index (χ2n) is 6.90. The van der Waals surface area contributed by atoms with E-state index in [4.69, 9.17) is 23.2 Å². The summed E-state index contributed by atoms with van der Waals surface area (Å²) in [4.78, 5) is 19.9. The topological polar surface area (TPSA) is 69.8 Å². The maximum absolute atomic E-state index is 12.6. The largest absolute Gasteiger partial charge is 0.368 e. The minimum atomic E-state index is -0.204. The number of nitrogens with one attached hydrogen (secondary N) is 3. The van der Waals surface area contributed by atoms with Gasteiger partial charge < -0.3 is 15.6 Å². The quantitative estimate of drug-likeness (QED) is 0.482. The fourth-order valence-corrected chi connectivity index (χ4v) is 3.26. The average Bonchev–Trinajstić information content (AvgIpc) is 3.13. The molecule has 5 nitrogen and oxygen atoms in total. The van der Waals surface area contributed by atoms with Gasteiger partial charge in [0.25, 0.3) is 5.91 Å². The van der Waals surface area contributed by atoms with Gasteiger partial charge in [-0.05, 0) is 50.6 Å². The molecule has 0 unspecified atom stereocenters. The summed E-state index contributed by atoms with van der Waals surface area (Å²) in [6, 6.07) is 11.2. The van der Waals surface area contributed by atoms with Crippen molar-refractivity contribution in [2.45, 2.75) is 32.9 Å². The summed E-state index contributed by atoms with van der Waals surface area (Å²) in [5.74, 6) is 0.528. The van der Waals surface area contributed by atoms with Gasteiger partial charge in [-0.15, -0.1) is 0 Å². The highest BCUT2D eigenvalue weighted by molar-refractivity contribution is 6.33. The number of benzene rings is 1. The summed E-state index contributed by atoms with van der Waals surface area (Å²) in [6.45, 7) is 5.99. The van der Waals surface area contributed by atoms with E-state index in [1.807, 2.05) is 45.0 Å². The number of rotatable bonds is 6. The highest BCUT2D eigenvalue weighted by Gasteiger charge is 2.15. The third kappa shape index (κ3) is 4.86. The van der Waals surface area contributed by atoms with Crippen LogP contribution >= 0.6 is 23.2 Å². The first-order chi connectivity index (χ1) is 13.3. The predicted molar refractivity (Wildman–Crippen MR) is 115 cm³/mol. The lowest BCUT2D eigenvalue weighted by Gasteiger charge is -2.14. The maximum atomic E-state index is 12.6. The Hall–Kier alpha value is -2.50. The number of amides is 1. The summed E-state index contributed by atoms with van der Waals surface area (Å²) >= 11 is 12.3. The van der Waals surface area contributed by atoms with Crippen molar-refractivity contribution in [2.75, 3.05) is 5.32 Å². The first kappa shape index (κ1) is 20.2.